The number of methoxy groups -OCH3 is 1. The number of hydrogen-bond donors (Lipinski definition) is 2. The van der Waals surface area contributed by atoms with Crippen molar-refractivity contribution in [3.63, 3.8) is 0 Å². The Morgan fingerprint density at radius 2 is 2.30 bits per heavy atom. The molecule has 120 valence electrons. The lowest BCUT2D eigenvalue weighted by atomic mass is 10.1. The Hall–Kier alpha value is -2.52. The highest BCUT2D eigenvalue weighted by atomic mass is 32.1. The topological polar surface area (TPSA) is 102 Å². The molecule has 3 rings (SSSR count). The molecule has 23 heavy (non-hydrogen) atoms. The highest BCUT2D eigenvalue weighted by Gasteiger charge is 2.19. The van der Waals surface area contributed by atoms with Crippen LogP contribution in [0.1, 0.15) is 28.4 Å². The van der Waals surface area contributed by atoms with Gasteiger partial charge in [0.15, 0.2) is 6.61 Å². The maximum atomic E-state index is 12.3. The van der Waals surface area contributed by atoms with Crippen LogP contribution in [0.3, 0.4) is 0 Å². The normalized spacial score (nSPS) is 14.4. The molecule has 9 heteroatoms. The fourth-order valence-electron chi connectivity index (χ4n) is 1.94. The number of amides is 2. The van der Waals surface area contributed by atoms with Crippen molar-refractivity contribution in [3.05, 3.63) is 28.8 Å². The third-order valence-electron chi connectivity index (χ3n) is 3.24. The quantitative estimate of drug-likeness (QED) is 0.884. The number of carbonyl (C=O) groups is 2. The number of carbonyl (C=O) groups excluding carboxylic acids is 2. The average Bonchev–Trinajstić information content (AvgIpc) is 3.02. The van der Waals surface area contributed by atoms with E-state index in [0.717, 1.165) is 0 Å². The van der Waals surface area contributed by atoms with E-state index in [1.54, 1.807) is 25.3 Å². The number of aromatic nitrogens is 2. The van der Waals surface area contributed by atoms with Gasteiger partial charge < -0.3 is 14.8 Å². The number of hydrogen-bond acceptors (Lipinski definition) is 7. The van der Waals surface area contributed by atoms with Crippen LogP contribution in [-0.2, 0) is 9.53 Å². The zero-order chi connectivity index (χ0) is 16.4. The lowest BCUT2D eigenvalue weighted by molar-refractivity contribution is -0.118. The van der Waals surface area contributed by atoms with Gasteiger partial charge in [-0.1, -0.05) is 11.3 Å². The molecule has 2 aromatic rings. The minimum Gasteiger partial charge on any atom is -0.482 e. The maximum absolute atomic E-state index is 12.3. The van der Waals surface area contributed by atoms with Crippen LogP contribution in [-0.4, -0.2) is 35.7 Å². The molecular formula is C14H14N4O4S. The molecule has 2 N–H and O–H groups in total. The first-order chi connectivity index (χ1) is 11.1. The van der Waals surface area contributed by atoms with Crippen molar-refractivity contribution >= 4 is 34.0 Å². The van der Waals surface area contributed by atoms with E-state index in [0.29, 0.717) is 27.1 Å². The number of benzene rings is 1. The van der Waals surface area contributed by atoms with Crippen LogP contribution in [0, 0.1) is 0 Å². The zero-order valence-electron chi connectivity index (χ0n) is 12.5. The van der Waals surface area contributed by atoms with E-state index < -0.39 is 0 Å². The summed E-state index contributed by atoms with van der Waals surface area (Å²) in [4.78, 5) is 23.5. The molecule has 2 heterocycles. The van der Waals surface area contributed by atoms with Crippen molar-refractivity contribution in [1.82, 2.24) is 10.2 Å². The van der Waals surface area contributed by atoms with Crippen molar-refractivity contribution in [1.29, 1.82) is 0 Å². The number of fused-ring (bicyclic) bond motifs is 1. The Bertz CT molecular complexity index is 761. The second-order valence-electron chi connectivity index (χ2n) is 4.83. The van der Waals surface area contributed by atoms with E-state index in [4.69, 9.17) is 9.47 Å². The number of nitrogens with zero attached hydrogens (tertiary/aromatic N) is 2. The molecule has 0 saturated heterocycles. The van der Waals surface area contributed by atoms with E-state index >= 15 is 0 Å². The van der Waals surface area contributed by atoms with Crippen molar-refractivity contribution in [2.24, 2.45) is 0 Å². The van der Waals surface area contributed by atoms with E-state index in [-0.39, 0.29) is 24.5 Å². The lowest BCUT2D eigenvalue weighted by Gasteiger charge is -2.18. The van der Waals surface area contributed by atoms with Gasteiger partial charge in [0.2, 0.25) is 5.13 Å². The van der Waals surface area contributed by atoms with Crippen molar-refractivity contribution in [2.75, 3.05) is 24.4 Å². The first-order valence-electron chi connectivity index (χ1n) is 6.81. The minimum absolute atomic E-state index is 0.0628. The zero-order valence-corrected chi connectivity index (χ0v) is 13.3. The summed E-state index contributed by atoms with van der Waals surface area (Å²) < 4.78 is 10.4. The molecule has 1 unspecified atom stereocenters. The molecule has 0 aliphatic carbocycles. The van der Waals surface area contributed by atoms with Crippen LogP contribution in [0.2, 0.25) is 0 Å². The SMILES string of the molecule is COC(C)c1nnc(NC(=O)c2ccc3c(c2)OCC(=O)N3)s1. The summed E-state index contributed by atoms with van der Waals surface area (Å²) in [6.45, 7) is 1.79. The molecule has 1 aromatic heterocycles. The smallest absolute Gasteiger partial charge is 0.262 e. The molecule has 0 radical (unpaired) electrons. The van der Waals surface area contributed by atoms with Crippen LogP contribution in [0.5, 0.6) is 5.75 Å². The molecular weight excluding hydrogens is 320 g/mol. The number of rotatable bonds is 4. The highest BCUT2D eigenvalue weighted by molar-refractivity contribution is 7.15. The summed E-state index contributed by atoms with van der Waals surface area (Å²) >= 11 is 1.25. The molecule has 1 aromatic carbocycles. The highest BCUT2D eigenvalue weighted by Crippen LogP contribution is 2.29. The van der Waals surface area contributed by atoms with Crippen LogP contribution < -0.4 is 15.4 Å². The van der Waals surface area contributed by atoms with Gasteiger partial charge in [0.05, 0.1) is 5.69 Å². The van der Waals surface area contributed by atoms with Gasteiger partial charge >= 0.3 is 0 Å². The molecule has 1 aliphatic rings. The Morgan fingerprint density at radius 1 is 1.48 bits per heavy atom. The van der Waals surface area contributed by atoms with E-state index in [1.807, 2.05) is 6.92 Å². The molecule has 1 aliphatic heterocycles. The van der Waals surface area contributed by atoms with Crippen LogP contribution in [0.25, 0.3) is 0 Å². The fourth-order valence-corrected chi connectivity index (χ4v) is 2.70. The minimum atomic E-state index is -0.332. The van der Waals surface area contributed by atoms with Crippen LogP contribution in [0.4, 0.5) is 10.8 Å². The number of nitrogens with one attached hydrogen (secondary N) is 2. The molecule has 8 nitrogen and oxygen atoms in total. The number of anilines is 2. The summed E-state index contributed by atoms with van der Waals surface area (Å²) in [5, 5.41) is 14.3. The molecule has 0 spiro atoms. The summed E-state index contributed by atoms with van der Waals surface area (Å²) in [6.07, 6.45) is -0.182. The predicted octanol–water partition coefficient (Wildman–Crippen LogP) is 1.83. The lowest BCUT2D eigenvalue weighted by Crippen LogP contribution is -2.25. The monoisotopic (exact) mass is 334 g/mol. The summed E-state index contributed by atoms with van der Waals surface area (Å²) in [7, 11) is 1.58. The van der Waals surface area contributed by atoms with Crippen molar-refractivity contribution in [2.45, 2.75) is 13.0 Å². The second-order valence-corrected chi connectivity index (χ2v) is 5.83. The Balaban J connectivity index is 1.73. The van der Waals surface area contributed by atoms with Gasteiger partial charge in [0, 0.05) is 12.7 Å². The summed E-state index contributed by atoms with van der Waals surface area (Å²) in [5.74, 6) is -0.0902. The van der Waals surface area contributed by atoms with Crippen molar-refractivity contribution < 1.29 is 19.1 Å². The van der Waals surface area contributed by atoms with Gasteiger partial charge in [0.25, 0.3) is 11.8 Å². The van der Waals surface area contributed by atoms with Crippen molar-refractivity contribution in [3.8, 4) is 5.75 Å². The molecule has 0 fully saturated rings. The number of ether oxygens (including phenoxy) is 2. The predicted molar refractivity (Wildman–Crippen MR) is 83.9 cm³/mol. The summed E-state index contributed by atoms with van der Waals surface area (Å²) in [5.41, 5.74) is 0.946. The Kier molecular flexibility index (Phi) is 4.22. The third-order valence-corrected chi connectivity index (χ3v) is 4.24. The van der Waals surface area contributed by atoms with Gasteiger partial charge in [-0.15, -0.1) is 10.2 Å². The second kappa shape index (κ2) is 6.31. The first kappa shape index (κ1) is 15.4. The third kappa shape index (κ3) is 3.30. The van der Waals surface area contributed by atoms with Gasteiger partial charge in [-0.25, -0.2) is 0 Å². The largest absolute Gasteiger partial charge is 0.482 e. The molecule has 0 bridgehead atoms. The fraction of sp³-hybridized carbons (Fsp3) is 0.286. The van der Waals surface area contributed by atoms with Gasteiger partial charge in [-0.2, -0.15) is 0 Å². The molecule has 0 saturated carbocycles. The van der Waals surface area contributed by atoms with E-state index in [1.165, 1.54) is 11.3 Å². The van der Waals surface area contributed by atoms with Gasteiger partial charge in [-0.05, 0) is 25.1 Å². The van der Waals surface area contributed by atoms with E-state index in [9.17, 15) is 9.59 Å². The summed E-state index contributed by atoms with van der Waals surface area (Å²) in [6, 6.07) is 4.80. The molecule has 2 amide bonds. The standard InChI is InChI=1S/C14H14N4O4S/c1-7(21-2)13-17-18-14(23-13)16-12(20)8-3-4-9-10(5-8)22-6-11(19)15-9/h3-5,7H,6H2,1-2H3,(H,15,19)(H,16,18,20). The van der Waals surface area contributed by atoms with Crippen LogP contribution in [0.15, 0.2) is 18.2 Å². The van der Waals surface area contributed by atoms with E-state index in [2.05, 4.69) is 20.8 Å². The van der Waals surface area contributed by atoms with Gasteiger partial charge in [0.1, 0.15) is 16.9 Å². The Labute approximate surface area is 135 Å². The van der Waals surface area contributed by atoms with Gasteiger partial charge in [-0.3, -0.25) is 14.9 Å². The average molecular weight is 334 g/mol. The Morgan fingerprint density at radius 3 is 3.09 bits per heavy atom. The van der Waals surface area contributed by atoms with Crippen LogP contribution >= 0.6 is 11.3 Å². The first-order valence-corrected chi connectivity index (χ1v) is 7.62. The maximum Gasteiger partial charge on any atom is 0.262 e. The molecule has 1 atom stereocenters.